The van der Waals surface area contributed by atoms with E-state index in [9.17, 15) is 19.8 Å². The number of nitrogens with one attached hydrogen (secondary N) is 2. The van der Waals surface area contributed by atoms with Gasteiger partial charge in [0.1, 0.15) is 17.9 Å². The molecule has 4 aromatic carbocycles. The smallest absolute Gasteiger partial charge is 0.330 e. The zero-order chi connectivity index (χ0) is 31.3. The number of unbranched alkanes of at least 4 members (excludes halogenated alkanes) is 1. The Kier molecular flexibility index (Phi) is 8.81. The van der Waals surface area contributed by atoms with Gasteiger partial charge in [0.2, 0.25) is 0 Å². The van der Waals surface area contributed by atoms with E-state index >= 15 is 0 Å². The molecule has 45 heavy (non-hydrogen) atoms. The Morgan fingerprint density at radius 3 is 2.04 bits per heavy atom. The third kappa shape index (κ3) is 6.26. The van der Waals surface area contributed by atoms with Gasteiger partial charge in [-0.25, -0.2) is 4.79 Å². The first kappa shape index (κ1) is 29.9. The van der Waals surface area contributed by atoms with E-state index in [-0.39, 0.29) is 18.6 Å². The molecule has 0 saturated carbocycles. The lowest BCUT2D eigenvalue weighted by Gasteiger charge is -2.14. The maximum atomic E-state index is 12.8. The summed E-state index contributed by atoms with van der Waals surface area (Å²) in [5.41, 5.74) is 2.38. The number of benzene rings is 4. The molecule has 226 valence electrons. The molecule has 1 aromatic heterocycles. The lowest BCUT2D eigenvalue weighted by Crippen LogP contribution is -2.33. The first-order chi connectivity index (χ1) is 22.0. The zero-order valence-corrected chi connectivity index (χ0v) is 24.8. The number of hydrogen-bond donors (Lipinski definition) is 4. The van der Waals surface area contributed by atoms with Crippen LogP contribution in [0.25, 0.3) is 21.5 Å². The van der Waals surface area contributed by atoms with E-state index in [0.29, 0.717) is 0 Å². The number of aliphatic hydroxyl groups is 2. The molecule has 4 N–H and O–H groups in total. The number of H-pyrrole nitrogens is 1. The second kappa shape index (κ2) is 13.3. The molecule has 2 heterocycles. The molecule has 1 aliphatic heterocycles. The van der Waals surface area contributed by atoms with Crippen LogP contribution in [0.4, 0.5) is 5.69 Å². The fraction of sp³-hybridized carbons (Fsp3) is 0.243. The Bertz CT molecular complexity index is 2050. The van der Waals surface area contributed by atoms with Gasteiger partial charge in [-0.2, -0.15) is 0 Å². The standard InChI is InChI=1S/C37H33N3O5/c1-2-3-20-38-26-16-12-24(13-17-26)14-18-31-27-8-4-6-10-29(27)32(30-11-7-5-9-28(30)31)19-15-25-22-40(37(44)39-36(25)43)35-21-33(42)34(23-41)45-35/h4-13,16-17,22,33-35,38,41-42H,2-3,20-21,23H2,1H3,(H,39,43,44)/t33-,34+,35+/m0/s1. The number of fused-ring (bicyclic) bond motifs is 2. The molecule has 6 rings (SSSR count). The number of rotatable bonds is 6. The molecule has 5 aromatic rings. The van der Waals surface area contributed by atoms with Gasteiger partial charge in [0.05, 0.1) is 12.7 Å². The third-order valence-electron chi connectivity index (χ3n) is 7.99. The number of nitrogens with zero attached hydrogens (tertiary/aromatic N) is 1. The molecule has 0 bridgehead atoms. The van der Waals surface area contributed by atoms with Crippen molar-refractivity contribution in [2.45, 2.75) is 44.6 Å². The maximum absolute atomic E-state index is 12.8. The predicted octanol–water partition coefficient (Wildman–Crippen LogP) is 4.50. The molecule has 0 unspecified atom stereocenters. The van der Waals surface area contributed by atoms with E-state index in [2.05, 4.69) is 40.9 Å². The molecular weight excluding hydrogens is 566 g/mol. The van der Waals surface area contributed by atoms with Crippen LogP contribution in [-0.2, 0) is 4.74 Å². The summed E-state index contributed by atoms with van der Waals surface area (Å²) in [6, 6.07) is 24.0. The van der Waals surface area contributed by atoms with Crippen molar-refractivity contribution in [1.29, 1.82) is 0 Å². The Balaban J connectivity index is 1.41. The summed E-state index contributed by atoms with van der Waals surface area (Å²) in [4.78, 5) is 27.7. The monoisotopic (exact) mass is 599 g/mol. The quantitative estimate of drug-likeness (QED) is 0.130. The van der Waals surface area contributed by atoms with Crippen LogP contribution in [0.1, 0.15) is 54.7 Å². The Labute approximate surface area is 260 Å². The van der Waals surface area contributed by atoms with E-state index < -0.39 is 29.7 Å². The predicted molar refractivity (Wildman–Crippen MR) is 176 cm³/mol. The van der Waals surface area contributed by atoms with Crippen LogP contribution in [0.5, 0.6) is 0 Å². The van der Waals surface area contributed by atoms with Crippen molar-refractivity contribution in [3.8, 4) is 23.7 Å². The fourth-order valence-electron chi connectivity index (χ4n) is 5.58. The Morgan fingerprint density at radius 2 is 1.49 bits per heavy atom. The number of aromatic nitrogens is 2. The number of aliphatic hydroxyl groups excluding tert-OH is 2. The lowest BCUT2D eigenvalue weighted by molar-refractivity contribution is -0.0459. The molecule has 8 heteroatoms. The van der Waals surface area contributed by atoms with Crippen LogP contribution in [0.2, 0.25) is 0 Å². The summed E-state index contributed by atoms with van der Waals surface area (Å²) in [7, 11) is 0. The summed E-state index contributed by atoms with van der Waals surface area (Å²) in [5, 5.41) is 26.7. The van der Waals surface area contributed by atoms with Crippen molar-refractivity contribution in [3.05, 3.63) is 122 Å². The molecule has 1 aliphatic rings. The van der Waals surface area contributed by atoms with Gasteiger partial charge in [0, 0.05) is 41.5 Å². The van der Waals surface area contributed by atoms with E-state index in [0.717, 1.165) is 63.3 Å². The molecule has 0 amide bonds. The van der Waals surface area contributed by atoms with Crippen molar-refractivity contribution >= 4 is 27.2 Å². The van der Waals surface area contributed by atoms with Gasteiger partial charge in [-0.3, -0.25) is 14.3 Å². The Morgan fingerprint density at radius 1 is 0.889 bits per heavy atom. The van der Waals surface area contributed by atoms with Gasteiger partial charge in [0.25, 0.3) is 5.56 Å². The fourth-order valence-corrected chi connectivity index (χ4v) is 5.58. The highest BCUT2D eigenvalue weighted by Crippen LogP contribution is 2.32. The number of anilines is 1. The molecule has 0 aliphatic carbocycles. The average molecular weight is 600 g/mol. The normalized spacial score (nSPS) is 17.4. The maximum Gasteiger partial charge on any atom is 0.330 e. The topological polar surface area (TPSA) is 117 Å². The van der Waals surface area contributed by atoms with E-state index in [1.54, 1.807) is 0 Å². The van der Waals surface area contributed by atoms with Crippen molar-refractivity contribution in [1.82, 2.24) is 9.55 Å². The SMILES string of the molecule is CCCCNc1ccc(C#Cc2c3ccccc3c(C#Cc3cn([C@H]4C[C@H](O)[C@@H](CO)O4)c(=O)[nH]c3=O)c3ccccc23)cc1. The number of aromatic amines is 1. The second-order valence-electron chi connectivity index (χ2n) is 11.0. The Hall–Kier alpha value is -5.12. The van der Waals surface area contributed by atoms with E-state index in [1.807, 2.05) is 72.8 Å². The summed E-state index contributed by atoms with van der Waals surface area (Å²) >= 11 is 0. The summed E-state index contributed by atoms with van der Waals surface area (Å²) in [6.45, 7) is 2.73. The first-order valence-electron chi connectivity index (χ1n) is 15.1. The second-order valence-corrected chi connectivity index (χ2v) is 11.0. The summed E-state index contributed by atoms with van der Waals surface area (Å²) in [6.07, 6.45) is 1.13. The van der Waals surface area contributed by atoms with Crippen LogP contribution in [-0.4, -0.2) is 45.1 Å². The van der Waals surface area contributed by atoms with Gasteiger partial charge < -0.3 is 20.3 Å². The van der Waals surface area contributed by atoms with Crippen molar-refractivity contribution in [2.75, 3.05) is 18.5 Å². The first-order valence-corrected chi connectivity index (χ1v) is 15.1. The number of hydrogen-bond acceptors (Lipinski definition) is 6. The molecule has 0 radical (unpaired) electrons. The molecule has 1 fully saturated rings. The molecular formula is C37H33N3O5. The molecule has 1 saturated heterocycles. The molecule has 0 spiro atoms. The summed E-state index contributed by atoms with van der Waals surface area (Å²) in [5.74, 6) is 12.9. The van der Waals surface area contributed by atoms with Gasteiger partial charge >= 0.3 is 5.69 Å². The van der Waals surface area contributed by atoms with Gasteiger partial charge in [-0.05, 0) is 52.2 Å². The highest BCUT2D eigenvalue weighted by atomic mass is 16.5. The molecule has 3 atom stereocenters. The highest BCUT2D eigenvalue weighted by molar-refractivity contribution is 6.09. The largest absolute Gasteiger partial charge is 0.394 e. The zero-order valence-electron chi connectivity index (χ0n) is 24.8. The van der Waals surface area contributed by atoms with Crippen LogP contribution >= 0.6 is 0 Å². The number of ether oxygens (including phenoxy) is 1. The lowest BCUT2D eigenvalue weighted by atomic mass is 9.92. The van der Waals surface area contributed by atoms with E-state index in [1.165, 1.54) is 10.8 Å². The average Bonchev–Trinajstić information content (AvgIpc) is 3.44. The summed E-state index contributed by atoms with van der Waals surface area (Å²) < 4.78 is 6.83. The van der Waals surface area contributed by atoms with Gasteiger partial charge in [-0.15, -0.1) is 0 Å². The van der Waals surface area contributed by atoms with Crippen LogP contribution in [0, 0.1) is 23.7 Å². The van der Waals surface area contributed by atoms with Crippen molar-refractivity contribution in [3.63, 3.8) is 0 Å². The molecule has 8 nitrogen and oxygen atoms in total. The van der Waals surface area contributed by atoms with Crippen molar-refractivity contribution < 1.29 is 14.9 Å². The van der Waals surface area contributed by atoms with Crippen LogP contribution in [0.15, 0.2) is 88.6 Å². The minimum Gasteiger partial charge on any atom is -0.394 e. The van der Waals surface area contributed by atoms with E-state index in [4.69, 9.17) is 4.74 Å². The minimum atomic E-state index is -0.931. The minimum absolute atomic E-state index is 0.0739. The highest BCUT2D eigenvalue weighted by Gasteiger charge is 2.35. The van der Waals surface area contributed by atoms with Gasteiger partial charge in [-0.1, -0.05) is 85.6 Å². The van der Waals surface area contributed by atoms with Crippen molar-refractivity contribution in [2.24, 2.45) is 0 Å². The van der Waals surface area contributed by atoms with Crippen LogP contribution in [0.3, 0.4) is 0 Å². The van der Waals surface area contributed by atoms with Crippen LogP contribution < -0.4 is 16.6 Å². The third-order valence-corrected chi connectivity index (χ3v) is 7.99. The van der Waals surface area contributed by atoms with Gasteiger partial charge in [0.15, 0.2) is 0 Å².